The van der Waals surface area contributed by atoms with Gasteiger partial charge in [-0.25, -0.2) is 9.37 Å². The molecule has 172 valence electrons. The summed E-state index contributed by atoms with van der Waals surface area (Å²) in [4.78, 5) is 10.9. The lowest BCUT2D eigenvalue weighted by atomic mass is 10.0. The molecule has 0 radical (unpaired) electrons. The quantitative estimate of drug-likeness (QED) is 0.448. The second-order valence-corrected chi connectivity index (χ2v) is 9.37. The number of fused-ring (bicyclic) bond motifs is 1. The molecule has 3 heterocycles. The van der Waals surface area contributed by atoms with E-state index in [4.69, 9.17) is 0 Å². The van der Waals surface area contributed by atoms with Crippen molar-refractivity contribution in [2.24, 2.45) is 0 Å². The number of aromatic hydroxyl groups is 1. The maximum Gasteiger partial charge on any atom is 0.230 e. The molecule has 1 aliphatic heterocycles. The van der Waals surface area contributed by atoms with Crippen LogP contribution < -0.4 is 4.90 Å². The Bertz CT molecular complexity index is 1230. The minimum absolute atomic E-state index is 0.0788. The fourth-order valence-electron chi connectivity index (χ4n) is 4.47. The second-order valence-electron chi connectivity index (χ2n) is 8.36. The molecular weight excluding hydrogens is 437 g/mol. The normalized spacial score (nSPS) is 15.9. The Labute approximate surface area is 196 Å². The number of nitrogens with zero attached hydrogens (tertiary/aromatic N) is 5. The van der Waals surface area contributed by atoms with Crippen molar-refractivity contribution in [3.63, 3.8) is 0 Å². The highest BCUT2D eigenvalue weighted by Crippen LogP contribution is 2.40. The SMILES string of the molecule is CCc1ccc([C@@H](c2sc3nc(CC)nn3c2O)N2CCN(c3ccc(F)cc3)CC2)cc1. The van der Waals surface area contributed by atoms with Crippen LogP contribution in [0.5, 0.6) is 5.88 Å². The Kier molecular flexibility index (Phi) is 6.03. The molecule has 2 aromatic carbocycles. The Morgan fingerprint density at radius 1 is 0.970 bits per heavy atom. The highest BCUT2D eigenvalue weighted by atomic mass is 32.1. The van der Waals surface area contributed by atoms with E-state index in [1.54, 1.807) is 4.52 Å². The van der Waals surface area contributed by atoms with Gasteiger partial charge in [0, 0.05) is 38.3 Å². The van der Waals surface area contributed by atoms with Gasteiger partial charge in [-0.1, -0.05) is 49.4 Å². The van der Waals surface area contributed by atoms with Crippen LogP contribution >= 0.6 is 11.3 Å². The van der Waals surface area contributed by atoms with Crippen molar-refractivity contribution < 1.29 is 9.50 Å². The van der Waals surface area contributed by atoms with Crippen molar-refractivity contribution in [2.75, 3.05) is 31.1 Å². The van der Waals surface area contributed by atoms with E-state index < -0.39 is 0 Å². The number of anilines is 1. The van der Waals surface area contributed by atoms with Gasteiger partial charge in [-0.15, -0.1) is 5.10 Å². The smallest absolute Gasteiger partial charge is 0.230 e. The molecule has 1 atom stereocenters. The summed E-state index contributed by atoms with van der Waals surface area (Å²) in [6.45, 7) is 7.47. The third-order valence-electron chi connectivity index (χ3n) is 6.38. The van der Waals surface area contributed by atoms with E-state index in [2.05, 4.69) is 51.1 Å². The van der Waals surface area contributed by atoms with Crippen LogP contribution in [-0.4, -0.2) is 50.8 Å². The van der Waals surface area contributed by atoms with E-state index in [0.29, 0.717) is 0 Å². The first-order valence-electron chi connectivity index (χ1n) is 11.5. The molecule has 0 amide bonds. The highest BCUT2D eigenvalue weighted by molar-refractivity contribution is 7.17. The molecule has 33 heavy (non-hydrogen) atoms. The highest BCUT2D eigenvalue weighted by Gasteiger charge is 2.31. The molecule has 6 nitrogen and oxygen atoms in total. The first kappa shape index (κ1) is 21.9. The number of hydrogen-bond donors (Lipinski definition) is 1. The number of piperazine rings is 1. The zero-order valence-electron chi connectivity index (χ0n) is 18.9. The number of benzene rings is 2. The Morgan fingerprint density at radius 2 is 1.67 bits per heavy atom. The number of rotatable bonds is 6. The van der Waals surface area contributed by atoms with Crippen LogP contribution in [0.2, 0.25) is 0 Å². The molecule has 0 saturated carbocycles. The number of hydrogen-bond acceptors (Lipinski definition) is 6. The summed E-state index contributed by atoms with van der Waals surface area (Å²) in [7, 11) is 0. The molecule has 0 spiro atoms. The first-order chi connectivity index (χ1) is 16.1. The first-order valence-corrected chi connectivity index (χ1v) is 12.3. The topological polar surface area (TPSA) is 56.9 Å². The van der Waals surface area contributed by atoms with Gasteiger partial charge in [0.2, 0.25) is 10.8 Å². The summed E-state index contributed by atoms with van der Waals surface area (Å²) in [5.41, 5.74) is 3.48. The maximum absolute atomic E-state index is 13.3. The third kappa shape index (κ3) is 4.20. The zero-order valence-corrected chi connectivity index (χ0v) is 19.7. The van der Waals surface area contributed by atoms with Crippen molar-refractivity contribution in [1.82, 2.24) is 19.5 Å². The lowest BCUT2D eigenvalue weighted by molar-refractivity contribution is 0.211. The van der Waals surface area contributed by atoms with Crippen LogP contribution in [0.1, 0.15) is 41.7 Å². The maximum atomic E-state index is 13.3. The summed E-state index contributed by atoms with van der Waals surface area (Å²) in [6.07, 6.45) is 1.72. The van der Waals surface area contributed by atoms with Gasteiger partial charge in [0.25, 0.3) is 0 Å². The number of thiazole rings is 1. The van der Waals surface area contributed by atoms with E-state index in [9.17, 15) is 9.50 Å². The Hall–Kier alpha value is -2.97. The predicted octanol–water partition coefficient (Wildman–Crippen LogP) is 4.67. The fourth-order valence-corrected chi connectivity index (χ4v) is 5.61. The molecule has 1 N–H and O–H groups in total. The van der Waals surface area contributed by atoms with Crippen LogP contribution in [0.25, 0.3) is 4.96 Å². The third-order valence-corrected chi connectivity index (χ3v) is 7.46. The lowest BCUT2D eigenvalue weighted by Crippen LogP contribution is -2.47. The molecule has 2 aromatic heterocycles. The van der Waals surface area contributed by atoms with E-state index in [0.717, 1.165) is 65.9 Å². The molecule has 1 aliphatic rings. The minimum atomic E-state index is -0.217. The van der Waals surface area contributed by atoms with Crippen LogP contribution in [0.15, 0.2) is 48.5 Å². The van der Waals surface area contributed by atoms with Gasteiger partial charge in [-0.05, 0) is 41.8 Å². The van der Waals surface area contributed by atoms with Crippen molar-refractivity contribution in [3.05, 3.63) is 76.2 Å². The largest absolute Gasteiger partial charge is 0.492 e. The minimum Gasteiger partial charge on any atom is -0.492 e. The van der Waals surface area contributed by atoms with Crippen molar-refractivity contribution in [2.45, 2.75) is 32.7 Å². The molecule has 1 saturated heterocycles. The summed E-state index contributed by atoms with van der Waals surface area (Å²) >= 11 is 1.51. The van der Waals surface area contributed by atoms with E-state index in [-0.39, 0.29) is 17.7 Å². The van der Waals surface area contributed by atoms with Gasteiger partial charge in [-0.3, -0.25) is 4.90 Å². The second kappa shape index (κ2) is 9.11. The van der Waals surface area contributed by atoms with Gasteiger partial charge in [-0.2, -0.15) is 4.52 Å². The molecule has 0 unspecified atom stereocenters. The standard InChI is InChI=1S/C25H28FN5OS/c1-3-17-5-7-18(8-6-17)22(23-24(32)31-25(33-23)27-21(4-2)28-31)30-15-13-29(14-16-30)20-11-9-19(26)10-12-20/h5-12,22,32H,3-4,13-16H2,1-2H3/t22-/m0/s1. The van der Waals surface area contributed by atoms with Crippen molar-refractivity contribution in [1.29, 1.82) is 0 Å². The van der Waals surface area contributed by atoms with Gasteiger partial charge in [0.1, 0.15) is 5.82 Å². The molecule has 4 aromatic rings. The number of aromatic nitrogens is 3. The molecule has 8 heteroatoms. The molecular formula is C25H28FN5OS. The van der Waals surface area contributed by atoms with Crippen LogP contribution in [-0.2, 0) is 12.8 Å². The van der Waals surface area contributed by atoms with Crippen molar-refractivity contribution in [3.8, 4) is 5.88 Å². The monoisotopic (exact) mass is 465 g/mol. The molecule has 0 aliphatic carbocycles. The summed E-state index contributed by atoms with van der Waals surface area (Å²) < 4.78 is 14.9. The van der Waals surface area contributed by atoms with Gasteiger partial charge >= 0.3 is 0 Å². The average molecular weight is 466 g/mol. The molecule has 1 fully saturated rings. The van der Waals surface area contributed by atoms with Gasteiger partial charge in [0.05, 0.1) is 10.9 Å². The predicted molar refractivity (Wildman–Crippen MR) is 130 cm³/mol. The van der Waals surface area contributed by atoms with Gasteiger partial charge < -0.3 is 10.0 Å². The van der Waals surface area contributed by atoms with E-state index >= 15 is 0 Å². The number of aryl methyl sites for hydroxylation is 2. The van der Waals surface area contributed by atoms with Crippen LogP contribution in [0.3, 0.4) is 0 Å². The Morgan fingerprint density at radius 3 is 2.27 bits per heavy atom. The molecule has 0 bridgehead atoms. The zero-order chi connectivity index (χ0) is 22.9. The fraction of sp³-hybridized carbons (Fsp3) is 0.360. The van der Waals surface area contributed by atoms with Crippen LogP contribution in [0, 0.1) is 5.82 Å². The summed E-state index contributed by atoms with van der Waals surface area (Å²) in [6, 6.07) is 15.3. The average Bonchev–Trinajstić information content (AvgIpc) is 3.40. The Balaban J connectivity index is 1.46. The van der Waals surface area contributed by atoms with E-state index in [1.807, 2.05) is 19.1 Å². The summed E-state index contributed by atoms with van der Waals surface area (Å²) in [5.74, 6) is 0.693. The van der Waals surface area contributed by atoms with Crippen molar-refractivity contribution >= 4 is 22.0 Å². The van der Waals surface area contributed by atoms with Crippen LogP contribution in [0.4, 0.5) is 10.1 Å². The van der Waals surface area contributed by atoms with E-state index in [1.165, 1.54) is 29.0 Å². The molecule has 5 rings (SSSR count). The van der Waals surface area contributed by atoms with Gasteiger partial charge in [0.15, 0.2) is 5.82 Å². The number of halogens is 1. The lowest BCUT2D eigenvalue weighted by Gasteiger charge is -2.40. The summed E-state index contributed by atoms with van der Waals surface area (Å²) in [5, 5.41) is 15.6.